The van der Waals surface area contributed by atoms with Gasteiger partial charge in [-0.25, -0.2) is 0 Å². The first-order chi connectivity index (χ1) is 6.24. The van der Waals surface area contributed by atoms with Crippen LogP contribution in [-0.4, -0.2) is 19.7 Å². The summed E-state index contributed by atoms with van der Waals surface area (Å²) in [5, 5.41) is 3.39. The molecule has 0 spiro atoms. The fourth-order valence-electron chi connectivity index (χ4n) is 2.54. The van der Waals surface area contributed by atoms with E-state index in [1.807, 2.05) is 0 Å². The zero-order valence-electron chi connectivity index (χ0n) is 8.59. The van der Waals surface area contributed by atoms with Crippen LogP contribution in [0.15, 0.2) is 18.2 Å². The molecule has 2 rings (SSSR count). The van der Waals surface area contributed by atoms with Gasteiger partial charge in [0.25, 0.3) is 0 Å². The number of nitrogens with one attached hydrogen (secondary N) is 1. The molecular weight excluding hydrogens is 157 g/mol. The summed E-state index contributed by atoms with van der Waals surface area (Å²) in [6.07, 6.45) is 1.19. The molecule has 0 saturated carbocycles. The standard InChI is InChI=1S/C11H16BN/c1-8-5-4-6-9-7-10(13-3)12(2)11(8)9/h4-6,10,13H,7H2,1-3H3. The average molecular weight is 173 g/mol. The third-order valence-electron chi connectivity index (χ3n) is 3.28. The largest absolute Gasteiger partial charge is 0.323 e. The van der Waals surface area contributed by atoms with Crippen LogP contribution in [0.3, 0.4) is 0 Å². The number of fused-ring (bicyclic) bond motifs is 1. The van der Waals surface area contributed by atoms with E-state index in [2.05, 4.69) is 44.3 Å². The lowest BCUT2D eigenvalue weighted by atomic mass is 9.44. The van der Waals surface area contributed by atoms with Gasteiger partial charge in [0.15, 0.2) is 6.71 Å². The Morgan fingerprint density at radius 2 is 2.23 bits per heavy atom. The SMILES string of the molecule is CNC1Cc2cccc(C)c2B1C. The van der Waals surface area contributed by atoms with Gasteiger partial charge in [0.2, 0.25) is 0 Å². The molecule has 1 atom stereocenters. The molecule has 1 aromatic rings. The van der Waals surface area contributed by atoms with Crippen LogP contribution in [0, 0.1) is 6.92 Å². The van der Waals surface area contributed by atoms with Gasteiger partial charge in [-0.1, -0.05) is 41.6 Å². The van der Waals surface area contributed by atoms with Crippen LogP contribution in [-0.2, 0) is 6.42 Å². The van der Waals surface area contributed by atoms with Gasteiger partial charge in [0.05, 0.1) is 0 Å². The molecule has 0 saturated heterocycles. The topological polar surface area (TPSA) is 12.0 Å². The molecular formula is C11H16BN. The van der Waals surface area contributed by atoms with Crippen LogP contribution in [0.4, 0.5) is 0 Å². The Morgan fingerprint density at radius 1 is 1.46 bits per heavy atom. The highest BCUT2D eigenvalue weighted by Crippen LogP contribution is 2.15. The summed E-state index contributed by atoms with van der Waals surface area (Å²) < 4.78 is 0. The highest BCUT2D eigenvalue weighted by Gasteiger charge is 2.31. The molecule has 1 aliphatic rings. The molecule has 0 bridgehead atoms. The number of hydrogen-bond donors (Lipinski definition) is 1. The zero-order chi connectivity index (χ0) is 9.42. The Morgan fingerprint density at radius 3 is 2.85 bits per heavy atom. The van der Waals surface area contributed by atoms with Crippen molar-refractivity contribution in [1.82, 2.24) is 5.32 Å². The van der Waals surface area contributed by atoms with Crippen molar-refractivity contribution in [2.75, 3.05) is 7.05 Å². The van der Waals surface area contributed by atoms with Gasteiger partial charge in [-0.15, -0.1) is 0 Å². The molecule has 13 heavy (non-hydrogen) atoms. The van der Waals surface area contributed by atoms with Crippen molar-refractivity contribution in [3.05, 3.63) is 29.3 Å². The van der Waals surface area contributed by atoms with Crippen LogP contribution >= 0.6 is 0 Å². The number of benzene rings is 1. The molecule has 1 aliphatic heterocycles. The van der Waals surface area contributed by atoms with Crippen molar-refractivity contribution in [1.29, 1.82) is 0 Å². The summed E-state index contributed by atoms with van der Waals surface area (Å²) in [5.74, 6) is 0.635. The van der Waals surface area contributed by atoms with E-state index >= 15 is 0 Å². The maximum Gasteiger partial charge on any atom is 0.192 e. The molecule has 1 heterocycles. The molecule has 1 unspecified atom stereocenters. The fourth-order valence-corrected chi connectivity index (χ4v) is 2.54. The number of rotatable bonds is 1. The molecule has 1 nitrogen and oxygen atoms in total. The summed E-state index contributed by atoms with van der Waals surface area (Å²) >= 11 is 0. The monoisotopic (exact) mass is 173 g/mol. The predicted molar refractivity (Wildman–Crippen MR) is 59.0 cm³/mol. The van der Waals surface area contributed by atoms with Crippen molar-refractivity contribution in [2.24, 2.45) is 0 Å². The molecule has 0 radical (unpaired) electrons. The molecule has 1 N–H and O–H groups in total. The van der Waals surface area contributed by atoms with Gasteiger partial charge in [0, 0.05) is 0 Å². The fraction of sp³-hybridized carbons (Fsp3) is 0.455. The summed E-state index contributed by atoms with van der Waals surface area (Å²) in [7, 11) is 2.06. The van der Waals surface area contributed by atoms with Gasteiger partial charge >= 0.3 is 0 Å². The van der Waals surface area contributed by atoms with Gasteiger partial charge in [-0.3, -0.25) is 0 Å². The second-order valence-electron chi connectivity index (χ2n) is 4.04. The van der Waals surface area contributed by atoms with Crippen molar-refractivity contribution in [3.63, 3.8) is 0 Å². The maximum atomic E-state index is 3.39. The molecule has 68 valence electrons. The summed E-state index contributed by atoms with van der Waals surface area (Å²) in [6.45, 7) is 5.20. The van der Waals surface area contributed by atoms with E-state index in [1.54, 1.807) is 5.46 Å². The van der Waals surface area contributed by atoms with Crippen molar-refractivity contribution >= 4 is 12.2 Å². The third kappa shape index (κ3) is 1.29. The van der Waals surface area contributed by atoms with Crippen molar-refractivity contribution in [3.8, 4) is 0 Å². The Bertz CT molecular complexity index is 322. The van der Waals surface area contributed by atoms with Gasteiger partial charge in [-0.2, -0.15) is 0 Å². The smallest absolute Gasteiger partial charge is 0.192 e. The third-order valence-corrected chi connectivity index (χ3v) is 3.28. The zero-order valence-corrected chi connectivity index (χ0v) is 8.59. The highest BCUT2D eigenvalue weighted by molar-refractivity contribution is 6.75. The highest BCUT2D eigenvalue weighted by atomic mass is 14.8. The first-order valence-electron chi connectivity index (χ1n) is 4.99. The van der Waals surface area contributed by atoms with E-state index in [0.717, 1.165) is 0 Å². The normalized spacial score (nSPS) is 20.5. The lowest BCUT2D eigenvalue weighted by Gasteiger charge is -2.12. The van der Waals surface area contributed by atoms with Crippen LogP contribution in [0.2, 0.25) is 6.82 Å². The molecule has 0 aromatic heterocycles. The Balaban J connectivity index is 2.44. The minimum Gasteiger partial charge on any atom is -0.323 e. The molecule has 1 aromatic carbocycles. The summed E-state index contributed by atoms with van der Waals surface area (Å²) in [6, 6.07) is 6.64. The van der Waals surface area contributed by atoms with Crippen molar-refractivity contribution < 1.29 is 0 Å². The van der Waals surface area contributed by atoms with Crippen LogP contribution in [0.1, 0.15) is 11.1 Å². The Hall–Kier alpha value is -0.755. The van der Waals surface area contributed by atoms with Gasteiger partial charge < -0.3 is 5.32 Å². The first-order valence-corrected chi connectivity index (χ1v) is 4.99. The van der Waals surface area contributed by atoms with Crippen LogP contribution in [0.5, 0.6) is 0 Å². The molecule has 0 amide bonds. The van der Waals surface area contributed by atoms with E-state index in [9.17, 15) is 0 Å². The Kier molecular flexibility index (Phi) is 2.16. The molecule has 2 heteroatoms. The van der Waals surface area contributed by atoms with E-state index in [4.69, 9.17) is 0 Å². The van der Waals surface area contributed by atoms with Crippen LogP contribution in [0.25, 0.3) is 0 Å². The minimum absolute atomic E-state index is 0.635. The number of hydrogen-bond acceptors (Lipinski definition) is 1. The maximum absolute atomic E-state index is 3.39. The number of aryl methyl sites for hydroxylation is 1. The summed E-state index contributed by atoms with van der Waals surface area (Å²) in [5.41, 5.74) is 4.55. The summed E-state index contributed by atoms with van der Waals surface area (Å²) in [4.78, 5) is 0. The van der Waals surface area contributed by atoms with E-state index < -0.39 is 0 Å². The lowest BCUT2D eigenvalue weighted by molar-refractivity contribution is 0.727. The van der Waals surface area contributed by atoms with E-state index in [-0.39, 0.29) is 0 Å². The Labute approximate surface area is 80.6 Å². The predicted octanol–water partition coefficient (Wildman–Crippen LogP) is 1.01. The van der Waals surface area contributed by atoms with Crippen LogP contribution < -0.4 is 10.8 Å². The first kappa shape index (κ1) is 8.83. The average Bonchev–Trinajstić information content (AvgIpc) is 2.44. The van der Waals surface area contributed by atoms with Gasteiger partial charge in [-0.05, 0) is 26.3 Å². The van der Waals surface area contributed by atoms with E-state index in [1.165, 1.54) is 17.5 Å². The molecule has 0 fully saturated rings. The van der Waals surface area contributed by atoms with Crippen molar-refractivity contribution in [2.45, 2.75) is 26.1 Å². The van der Waals surface area contributed by atoms with E-state index in [0.29, 0.717) is 12.7 Å². The minimum atomic E-state index is 0.635. The second kappa shape index (κ2) is 3.19. The van der Waals surface area contributed by atoms with Gasteiger partial charge in [0.1, 0.15) is 0 Å². The second-order valence-corrected chi connectivity index (χ2v) is 4.04. The lowest BCUT2D eigenvalue weighted by Crippen LogP contribution is -2.42. The molecule has 0 aliphatic carbocycles. The quantitative estimate of drug-likeness (QED) is 0.625. The number of likely N-dealkylation sites (N-methyl/N-ethyl adjacent to an activating group) is 1.